The van der Waals surface area contributed by atoms with Crippen molar-refractivity contribution in [2.75, 3.05) is 26.7 Å². The number of nitrogens with zero attached hydrogens (tertiary/aromatic N) is 1. The van der Waals surface area contributed by atoms with E-state index in [2.05, 4.69) is 37.1 Å². The van der Waals surface area contributed by atoms with Crippen LogP contribution >= 0.6 is 0 Å². The number of piperidine rings is 1. The zero-order valence-electron chi connectivity index (χ0n) is 11.7. The van der Waals surface area contributed by atoms with E-state index in [-0.39, 0.29) is 11.3 Å². The van der Waals surface area contributed by atoms with Gasteiger partial charge >= 0.3 is 0 Å². The molecule has 1 atom stereocenters. The van der Waals surface area contributed by atoms with Crippen molar-refractivity contribution >= 4 is 5.91 Å². The van der Waals surface area contributed by atoms with Gasteiger partial charge in [0.2, 0.25) is 5.91 Å². The molecule has 0 radical (unpaired) electrons. The van der Waals surface area contributed by atoms with Crippen LogP contribution in [0.3, 0.4) is 0 Å². The first kappa shape index (κ1) is 14.2. The van der Waals surface area contributed by atoms with Crippen molar-refractivity contribution < 1.29 is 4.79 Å². The highest BCUT2D eigenvalue weighted by molar-refractivity contribution is 5.82. The highest BCUT2D eigenvalue weighted by Crippen LogP contribution is 2.29. The van der Waals surface area contributed by atoms with Gasteiger partial charge in [-0.25, -0.2) is 0 Å². The van der Waals surface area contributed by atoms with Crippen molar-refractivity contribution in [1.29, 1.82) is 0 Å². The molecular formula is C14H26N2O. The second kappa shape index (κ2) is 6.20. The maximum atomic E-state index is 11.9. The van der Waals surface area contributed by atoms with Crippen LogP contribution < -0.4 is 5.32 Å². The van der Waals surface area contributed by atoms with E-state index in [9.17, 15) is 4.79 Å². The summed E-state index contributed by atoms with van der Waals surface area (Å²) in [4.78, 5) is 14.3. The molecule has 17 heavy (non-hydrogen) atoms. The lowest BCUT2D eigenvalue weighted by atomic mass is 9.81. The topological polar surface area (TPSA) is 32.3 Å². The summed E-state index contributed by atoms with van der Waals surface area (Å²) in [7, 11) is 1.73. The maximum Gasteiger partial charge on any atom is 0.226 e. The van der Waals surface area contributed by atoms with Crippen molar-refractivity contribution in [3.63, 3.8) is 0 Å². The monoisotopic (exact) mass is 238 g/mol. The molecule has 3 heteroatoms. The Balaban J connectivity index is 2.49. The molecule has 0 aromatic carbocycles. The average molecular weight is 238 g/mol. The SMILES string of the molecule is CNC(=O)[C@]1(C)CCCN(CCC=C(C)C)C1. The smallest absolute Gasteiger partial charge is 0.226 e. The van der Waals surface area contributed by atoms with Gasteiger partial charge in [0.1, 0.15) is 0 Å². The molecule has 3 nitrogen and oxygen atoms in total. The van der Waals surface area contributed by atoms with Gasteiger partial charge in [0.15, 0.2) is 0 Å². The Kier molecular flexibility index (Phi) is 5.19. The van der Waals surface area contributed by atoms with Gasteiger partial charge in [-0.15, -0.1) is 0 Å². The Labute approximate surface area is 105 Å². The van der Waals surface area contributed by atoms with Crippen LogP contribution in [0.15, 0.2) is 11.6 Å². The van der Waals surface area contributed by atoms with Gasteiger partial charge in [-0.2, -0.15) is 0 Å². The second-order valence-electron chi connectivity index (χ2n) is 5.59. The molecule has 1 N–H and O–H groups in total. The fourth-order valence-electron chi connectivity index (χ4n) is 2.56. The first-order valence-electron chi connectivity index (χ1n) is 6.56. The first-order chi connectivity index (χ1) is 7.98. The number of allylic oxidation sites excluding steroid dienone is 1. The van der Waals surface area contributed by atoms with Gasteiger partial charge in [-0.05, 0) is 46.6 Å². The molecule has 1 rings (SSSR count). The van der Waals surface area contributed by atoms with Crippen LogP contribution in [0.2, 0.25) is 0 Å². The Morgan fingerprint density at radius 3 is 2.76 bits per heavy atom. The third-order valence-electron chi connectivity index (χ3n) is 3.55. The normalized spacial score (nSPS) is 25.4. The molecule has 0 bridgehead atoms. The molecule has 98 valence electrons. The van der Waals surface area contributed by atoms with Crippen molar-refractivity contribution in [1.82, 2.24) is 10.2 Å². The van der Waals surface area contributed by atoms with Gasteiger partial charge in [0, 0.05) is 20.1 Å². The molecule has 1 saturated heterocycles. The van der Waals surface area contributed by atoms with E-state index >= 15 is 0 Å². The third-order valence-corrected chi connectivity index (χ3v) is 3.55. The van der Waals surface area contributed by atoms with Crippen LogP contribution in [0.5, 0.6) is 0 Å². The number of nitrogens with one attached hydrogen (secondary N) is 1. The minimum absolute atomic E-state index is 0.185. The highest BCUT2D eigenvalue weighted by atomic mass is 16.2. The van der Waals surface area contributed by atoms with E-state index in [1.165, 1.54) is 5.57 Å². The predicted octanol–water partition coefficient (Wildman–Crippen LogP) is 2.19. The minimum Gasteiger partial charge on any atom is -0.359 e. The lowest BCUT2D eigenvalue weighted by molar-refractivity contribution is -0.132. The number of carbonyl (C=O) groups is 1. The van der Waals surface area contributed by atoms with E-state index in [1.54, 1.807) is 7.05 Å². The Bertz CT molecular complexity index is 295. The highest BCUT2D eigenvalue weighted by Gasteiger charge is 2.36. The molecule has 1 heterocycles. The number of carbonyl (C=O) groups excluding carboxylic acids is 1. The van der Waals surface area contributed by atoms with E-state index in [0.717, 1.165) is 38.9 Å². The van der Waals surface area contributed by atoms with Crippen LogP contribution in [-0.2, 0) is 4.79 Å². The largest absolute Gasteiger partial charge is 0.359 e. The second-order valence-corrected chi connectivity index (χ2v) is 5.59. The van der Waals surface area contributed by atoms with Crippen molar-refractivity contribution in [3.05, 3.63) is 11.6 Å². The van der Waals surface area contributed by atoms with Crippen molar-refractivity contribution in [2.45, 2.75) is 40.0 Å². The van der Waals surface area contributed by atoms with Crippen molar-refractivity contribution in [3.8, 4) is 0 Å². The van der Waals surface area contributed by atoms with Gasteiger partial charge in [0.25, 0.3) is 0 Å². The molecule has 0 aromatic rings. The summed E-state index contributed by atoms with van der Waals surface area (Å²) >= 11 is 0. The zero-order valence-corrected chi connectivity index (χ0v) is 11.7. The van der Waals surface area contributed by atoms with Gasteiger partial charge in [0.05, 0.1) is 5.41 Å². The number of hydrogen-bond acceptors (Lipinski definition) is 2. The molecule has 1 aliphatic heterocycles. The molecule has 1 amide bonds. The summed E-state index contributed by atoms with van der Waals surface area (Å²) in [6, 6.07) is 0. The summed E-state index contributed by atoms with van der Waals surface area (Å²) in [6.07, 6.45) is 5.49. The van der Waals surface area contributed by atoms with Crippen LogP contribution in [-0.4, -0.2) is 37.5 Å². The summed E-state index contributed by atoms with van der Waals surface area (Å²) in [5.74, 6) is 0.185. The standard InChI is InChI=1S/C14H26N2O/c1-12(2)7-5-9-16-10-6-8-14(3,11-16)13(17)15-4/h7H,5-6,8-11H2,1-4H3,(H,15,17)/t14-/m1/s1. The van der Waals surface area contributed by atoms with Crippen molar-refractivity contribution in [2.24, 2.45) is 5.41 Å². The minimum atomic E-state index is -0.196. The molecule has 0 aromatic heterocycles. The summed E-state index contributed by atoms with van der Waals surface area (Å²) < 4.78 is 0. The summed E-state index contributed by atoms with van der Waals surface area (Å²) in [5, 5.41) is 2.79. The van der Waals surface area contributed by atoms with Gasteiger partial charge in [-0.3, -0.25) is 4.79 Å². The number of amides is 1. The Morgan fingerprint density at radius 1 is 1.47 bits per heavy atom. The fraction of sp³-hybridized carbons (Fsp3) is 0.786. The lowest BCUT2D eigenvalue weighted by Gasteiger charge is -2.39. The quantitative estimate of drug-likeness (QED) is 0.761. The van der Waals surface area contributed by atoms with Crippen LogP contribution in [0.25, 0.3) is 0 Å². The first-order valence-corrected chi connectivity index (χ1v) is 6.56. The molecule has 0 spiro atoms. The number of rotatable bonds is 4. The van der Waals surface area contributed by atoms with E-state index < -0.39 is 0 Å². The maximum absolute atomic E-state index is 11.9. The van der Waals surface area contributed by atoms with E-state index in [1.807, 2.05) is 0 Å². The molecule has 1 fully saturated rings. The van der Waals surface area contributed by atoms with E-state index in [4.69, 9.17) is 0 Å². The van der Waals surface area contributed by atoms with E-state index in [0.29, 0.717) is 0 Å². The van der Waals surface area contributed by atoms with Gasteiger partial charge in [-0.1, -0.05) is 11.6 Å². The number of hydrogen-bond donors (Lipinski definition) is 1. The van der Waals surface area contributed by atoms with Crippen LogP contribution in [0.4, 0.5) is 0 Å². The molecule has 1 aliphatic rings. The lowest BCUT2D eigenvalue weighted by Crippen LogP contribution is -2.49. The molecule has 0 saturated carbocycles. The summed E-state index contributed by atoms with van der Waals surface area (Å²) in [6.45, 7) is 9.43. The predicted molar refractivity (Wildman–Crippen MR) is 71.9 cm³/mol. The molecule has 0 aliphatic carbocycles. The molecular weight excluding hydrogens is 212 g/mol. The van der Waals surface area contributed by atoms with Crippen LogP contribution in [0.1, 0.15) is 40.0 Å². The van der Waals surface area contributed by atoms with Gasteiger partial charge < -0.3 is 10.2 Å². The zero-order chi connectivity index (χ0) is 12.9. The Hall–Kier alpha value is -0.830. The molecule has 0 unspecified atom stereocenters. The number of likely N-dealkylation sites (tertiary alicyclic amines) is 1. The van der Waals surface area contributed by atoms with Crippen LogP contribution in [0, 0.1) is 5.41 Å². The fourth-order valence-corrected chi connectivity index (χ4v) is 2.56. The average Bonchev–Trinajstić information content (AvgIpc) is 2.27. The summed E-state index contributed by atoms with van der Waals surface area (Å²) in [5.41, 5.74) is 1.17. The third kappa shape index (κ3) is 4.15. The Morgan fingerprint density at radius 2 is 2.18 bits per heavy atom.